The predicted molar refractivity (Wildman–Crippen MR) is 180 cm³/mol. The number of benzene rings is 2. The van der Waals surface area contributed by atoms with Crippen molar-refractivity contribution in [1.82, 2.24) is 25.3 Å². The third kappa shape index (κ3) is 7.94. The highest BCUT2D eigenvalue weighted by atomic mass is 16.5. The Labute approximate surface area is 271 Å². The van der Waals surface area contributed by atoms with Gasteiger partial charge in [0.05, 0.1) is 25.0 Å². The average Bonchev–Trinajstić information content (AvgIpc) is 3.08. The van der Waals surface area contributed by atoms with Crippen LogP contribution in [0.4, 0.5) is 0 Å². The lowest BCUT2D eigenvalue weighted by atomic mass is 9.83. The zero-order valence-corrected chi connectivity index (χ0v) is 26.7. The number of ether oxygens (including phenoxy) is 2. The molecule has 3 aromatic heterocycles. The zero-order chi connectivity index (χ0) is 31.7. The van der Waals surface area contributed by atoms with Gasteiger partial charge < -0.3 is 19.9 Å². The van der Waals surface area contributed by atoms with Gasteiger partial charge in [-0.25, -0.2) is 4.98 Å². The summed E-state index contributed by atoms with van der Waals surface area (Å²) in [6.45, 7) is 6.60. The van der Waals surface area contributed by atoms with Crippen LogP contribution in [0, 0.1) is 13.8 Å². The van der Waals surface area contributed by atoms with E-state index in [0.717, 1.165) is 71.9 Å². The van der Waals surface area contributed by atoms with Gasteiger partial charge in [0.15, 0.2) is 0 Å². The number of aromatic nitrogens is 4. The van der Waals surface area contributed by atoms with Gasteiger partial charge in [-0.05, 0) is 98.3 Å². The van der Waals surface area contributed by atoms with Crippen molar-refractivity contribution >= 4 is 10.8 Å². The Balaban J connectivity index is 1.26. The first kappa shape index (κ1) is 31.7. The second-order valence-corrected chi connectivity index (χ2v) is 12.1. The van der Waals surface area contributed by atoms with Crippen molar-refractivity contribution in [2.45, 2.75) is 64.1 Å². The molecule has 46 heavy (non-hydrogen) atoms. The fourth-order valence-electron chi connectivity index (χ4n) is 6.38. The quantitative estimate of drug-likeness (QED) is 0.150. The van der Waals surface area contributed by atoms with Gasteiger partial charge in [-0.2, -0.15) is 4.98 Å². The van der Waals surface area contributed by atoms with Crippen molar-refractivity contribution in [2.24, 2.45) is 0 Å². The number of aliphatic hydroxyl groups is 1. The molecule has 0 aliphatic carbocycles. The fourth-order valence-corrected chi connectivity index (χ4v) is 6.38. The Morgan fingerprint density at radius 2 is 1.74 bits per heavy atom. The van der Waals surface area contributed by atoms with E-state index in [9.17, 15) is 5.11 Å². The topological polar surface area (TPSA) is 102 Å². The van der Waals surface area contributed by atoms with Crippen molar-refractivity contribution in [1.29, 1.82) is 0 Å². The van der Waals surface area contributed by atoms with Gasteiger partial charge in [-0.15, -0.1) is 0 Å². The van der Waals surface area contributed by atoms with Crippen LogP contribution in [0.5, 0.6) is 6.01 Å². The standard InChI is InChI=1S/C38H43N5O3/c1-26-8-5-12-31(41-26)13-7-21-45-38-40-23-34(37(43-38)33(18-20-44)35-14-6-9-27(2)42-35)32-17-19-39-24-36(32)46-25-28-15-16-29-10-3-4-11-30(29)22-28/h3-6,8-12,14-16,22-23,32-33,36,39,44H,7,13,17-21,24-25H2,1-2H3. The molecule has 2 N–H and O–H groups in total. The molecule has 0 amide bonds. The molecule has 0 saturated carbocycles. The lowest BCUT2D eigenvalue weighted by Gasteiger charge is -2.34. The van der Waals surface area contributed by atoms with Crippen molar-refractivity contribution < 1.29 is 14.6 Å². The molecule has 1 aliphatic rings. The molecule has 0 bridgehead atoms. The summed E-state index contributed by atoms with van der Waals surface area (Å²) in [6, 6.07) is 27.3. The number of aliphatic hydroxyl groups excluding tert-OH is 1. The highest BCUT2D eigenvalue weighted by molar-refractivity contribution is 5.82. The largest absolute Gasteiger partial charge is 0.463 e. The smallest absolute Gasteiger partial charge is 0.316 e. The van der Waals surface area contributed by atoms with Gasteiger partial charge in [0.1, 0.15) is 0 Å². The van der Waals surface area contributed by atoms with Gasteiger partial charge in [-0.3, -0.25) is 9.97 Å². The van der Waals surface area contributed by atoms with E-state index in [1.54, 1.807) is 0 Å². The maximum Gasteiger partial charge on any atom is 0.316 e. The Bertz CT molecular complexity index is 1750. The minimum Gasteiger partial charge on any atom is -0.463 e. The Morgan fingerprint density at radius 3 is 2.57 bits per heavy atom. The van der Waals surface area contributed by atoms with Crippen LogP contribution in [0.3, 0.4) is 0 Å². The lowest BCUT2D eigenvalue weighted by molar-refractivity contribution is 0.0102. The minimum atomic E-state index is -0.210. The summed E-state index contributed by atoms with van der Waals surface area (Å²) >= 11 is 0. The molecule has 238 valence electrons. The van der Waals surface area contributed by atoms with Gasteiger partial charge >= 0.3 is 6.01 Å². The first-order valence-electron chi connectivity index (χ1n) is 16.3. The molecule has 1 saturated heterocycles. The normalized spacial score (nSPS) is 17.2. The summed E-state index contributed by atoms with van der Waals surface area (Å²) in [5.74, 6) is -0.137. The Kier molecular flexibility index (Phi) is 10.6. The van der Waals surface area contributed by atoms with Gasteiger partial charge in [0, 0.05) is 54.0 Å². The van der Waals surface area contributed by atoms with Gasteiger partial charge in [0.25, 0.3) is 0 Å². The molecule has 0 spiro atoms. The van der Waals surface area contributed by atoms with Crippen LogP contribution in [0.15, 0.2) is 85.1 Å². The molecule has 3 unspecified atom stereocenters. The predicted octanol–water partition coefficient (Wildman–Crippen LogP) is 6.22. The summed E-state index contributed by atoms with van der Waals surface area (Å²) in [5, 5.41) is 16.2. The van der Waals surface area contributed by atoms with Crippen LogP contribution in [-0.2, 0) is 17.8 Å². The van der Waals surface area contributed by atoms with Crippen LogP contribution in [0.2, 0.25) is 0 Å². The second-order valence-electron chi connectivity index (χ2n) is 12.1. The number of pyridine rings is 2. The van der Waals surface area contributed by atoms with Crippen LogP contribution < -0.4 is 10.1 Å². The zero-order valence-electron chi connectivity index (χ0n) is 26.7. The molecule has 2 aromatic carbocycles. The van der Waals surface area contributed by atoms with Crippen molar-refractivity contribution in [3.63, 3.8) is 0 Å². The maximum absolute atomic E-state index is 10.2. The van der Waals surface area contributed by atoms with E-state index in [-0.39, 0.29) is 24.5 Å². The van der Waals surface area contributed by atoms with Crippen LogP contribution in [0.1, 0.15) is 70.7 Å². The van der Waals surface area contributed by atoms with Crippen molar-refractivity contribution in [3.05, 3.63) is 125 Å². The Morgan fingerprint density at radius 1 is 0.913 bits per heavy atom. The second kappa shape index (κ2) is 15.4. The number of rotatable bonds is 13. The molecule has 8 heteroatoms. The minimum absolute atomic E-state index is 0.0114. The lowest BCUT2D eigenvalue weighted by Crippen LogP contribution is -2.41. The van der Waals surface area contributed by atoms with Crippen LogP contribution in [0.25, 0.3) is 10.8 Å². The summed E-state index contributed by atoms with van der Waals surface area (Å²) in [6.07, 6.45) is 4.84. The number of hydrogen-bond acceptors (Lipinski definition) is 8. The number of fused-ring (bicyclic) bond motifs is 1. The molecule has 5 aromatic rings. The monoisotopic (exact) mass is 617 g/mol. The summed E-state index contributed by atoms with van der Waals surface area (Å²) in [5.41, 5.74) is 6.90. The average molecular weight is 618 g/mol. The molecule has 0 radical (unpaired) electrons. The number of piperidine rings is 1. The number of hydrogen-bond donors (Lipinski definition) is 2. The van der Waals surface area contributed by atoms with E-state index in [2.05, 4.69) is 52.8 Å². The SMILES string of the molecule is Cc1cccc(CCCOc2ncc(C3CCNCC3OCc3ccc4ccccc4c3)c(C(CCO)c3cccc(C)n3)n2)n1. The Hall–Kier alpha value is -4.24. The van der Waals surface area contributed by atoms with E-state index in [1.807, 2.05) is 56.4 Å². The van der Waals surface area contributed by atoms with Crippen molar-refractivity contribution in [3.8, 4) is 6.01 Å². The van der Waals surface area contributed by atoms with E-state index in [1.165, 1.54) is 10.8 Å². The maximum atomic E-state index is 10.2. The molecular weight excluding hydrogens is 574 g/mol. The van der Waals surface area contributed by atoms with E-state index in [4.69, 9.17) is 24.4 Å². The highest BCUT2D eigenvalue weighted by Crippen LogP contribution is 2.37. The van der Waals surface area contributed by atoms with Gasteiger partial charge in [0.2, 0.25) is 0 Å². The van der Waals surface area contributed by atoms with Crippen LogP contribution in [-0.4, -0.2) is 57.4 Å². The molecule has 4 heterocycles. The van der Waals surface area contributed by atoms with Gasteiger partial charge in [-0.1, -0.05) is 48.5 Å². The summed E-state index contributed by atoms with van der Waals surface area (Å²) < 4.78 is 12.8. The van der Waals surface area contributed by atoms with E-state index in [0.29, 0.717) is 25.6 Å². The summed E-state index contributed by atoms with van der Waals surface area (Å²) in [4.78, 5) is 19.2. The molecule has 1 aliphatic heterocycles. The molecule has 8 nitrogen and oxygen atoms in total. The van der Waals surface area contributed by atoms with E-state index >= 15 is 0 Å². The molecule has 3 atom stereocenters. The van der Waals surface area contributed by atoms with Crippen molar-refractivity contribution in [2.75, 3.05) is 26.3 Å². The highest BCUT2D eigenvalue weighted by Gasteiger charge is 2.33. The first-order valence-corrected chi connectivity index (χ1v) is 16.3. The third-order valence-corrected chi connectivity index (χ3v) is 8.70. The molecule has 1 fully saturated rings. The number of aryl methyl sites for hydroxylation is 3. The molecular formula is C38H43N5O3. The number of nitrogens with zero attached hydrogens (tertiary/aromatic N) is 4. The molecule has 6 rings (SSSR count). The summed E-state index contributed by atoms with van der Waals surface area (Å²) in [7, 11) is 0. The van der Waals surface area contributed by atoms with Crippen LogP contribution >= 0.6 is 0 Å². The fraction of sp³-hybridized carbons (Fsp3) is 0.368. The number of nitrogens with one attached hydrogen (secondary N) is 1. The third-order valence-electron chi connectivity index (χ3n) is 8.70. The first-order chi connectivity index (χ1) is 22.6. The van der Waals surface area contributed by atoms with E-state index < -0.39 is 0 Å².